The van der Waals surface area contributed by atoms with Crippen LogP contribution in [0.5, 0.6) is 0 Å². The molecule has 0 saturated carbocycles. The number of nitrogens with one attached hydrogen (secondary N) is 2. The van der Waals surface area contributed by atoms with Crippen molar-refractivity contribution in [3.05, 3.63) is 41.7 Å². The molecule has 5 aliphatic heterocycles. The first kappa shape index (κ1) is 51.7. The van der Waals surface area contributed by atoms with Crippen molar-refractivity contribution >= 4 is 11.7 Å². The number of benzene rings is 1. The summed E-state index contributed by atoms with van der Waals surface area (Å²) in [7, 11) is 5.59. The number of aliphatic hydroxyl groups excluding tert-OH is 2. The lowest BCUT2D eigenvalue weighted by molar-refractivity contribution is -0.245. The number of halogens is 1. The third-order valence-corrected chi connectivity index (χ3v) is 14.9. The number of ether oxygens (including phenoxy) is 6. The van der Waals surface area contributed by atoms with Gasteiger partial charge in [-0.25, -0.2) is 4.39 Å². The number of rotatable bonds is 13. The Labute approximate surface area is 387 Å². The van der Waals surface area contributed by atoms with E-state index >= 15 is 0 Å². The summed E-state index contributed by atoms with van der Waals surface area (Å²) >= 11 is 0. The predicted molar refractivity (Wildman–Crippen MR) is 245 cm³/mol. The number of likely N-dealkylation sites (N-methyl/N-ethyl adjacent to an activating group) is 1. The molecule has 1 aromatic rings. The van der Waals surface area contributed by atoms with Gasteiger partial charge in [-0.2, -0.15) is 0 Å². The Kier molecular flexibility index (Phi) is 18.4. The van der Waals surface area contributed by atoms with Crippen LogP contribution in [0.25, 0.3) is 0 Å². The van der Waals surface area contributed by atoms with Gasteiger partial charge in [0.1, 0.15) is 36.6 Å². The molecule has 65 heavy (non-hydrogen) atoms. The molecule has 13 atom stereocenters. The molecule has 6 rings (SSSR count). The van der Waals surface area contributed by atoms with Gasteiger partial charge >= 0.3 is 5.97 Å². The van der Waals surface area contributed by atoms with Crippen molar-refractivity contribution in [1.82, 2.24) is 25.8 Å². The van der Waals surface area contributed by atoms with Crippen molar-refractivity contribution in [2.45, 2.75) is 172 Å². The topological polar surface area (TPSA) is 170 Å². The van der Waals surface area contributed by atoms with Crippen molar-refractivity contribution in [2.24, 2.45) is 11.8 Å². The number of esters is 1. The van der Waals surface area contributed by atoms with Gasteiger partial charge in [0.2, 0.25) is 0 Å². The van der Waals surface area contributed by atoms with E-state index in [0.717, 1.165) is 55.8 Å². The smallest absolute Gasteiger partial charge is 0.309 e. The van der Waals surface area contributed by atoms with E-state index in [1.165, 1.54) is 6.92 Å². The summed E-state index contributed by atoms with van der Waals surface area (Å²) in [6, 6.07) is 7.30. The minimum absolute atomic E-state index is 0.0930. The van der Waals surface area contributed by atoms with Crippen LogP contribution in [0.1, 0.15) is 111 Å². The Morgan fingerprint density at radius 1 is 1.03 bits per heavy atom. The number of piperidine rings is 1. The normalized spacial score (nSPS) is 35.6. The highest BCUT2D eigenvalue weighted by atomic mass is 19.1. The number of hydrazine groups is 2. The Hall–Kier alpha value is -2.68. The molecule has 1 spiro atoms. The van der Waals surface area contributed by atoms with Gasteiger partial charge in [-0.1, -0.05) is 32.9 Å². The molecule has 0 amide bonds. The lowest BCUT2D eigenvalue weighted by atomic mass is 9.86. The Balaban J connectivity index is 1.04. The molecule has 0 aliphatic carbocycles. The molecule has 5 aliphatic rings. The molecule has 1 aromatic carbocycles. The molecule has 16 nitrogen and oxygen atoms in total. The summed E-state index contributed by atoms with van der Waals surface area (Å²) in [5.74, 6) is -1.66. The third kappa shape index (κ3) is 12.7. The minimum atomic E-state index is -1.66. The number of cyclic esters (lactones) is 1. The maximum absolute atomic E-state index is 14.9. The van der Waals surface area contributed by atoms with Crippen molar-refractivity contribution in [2.75, 3.05) is 72.2 Å². The van der Waals surface area contributed by atoms with Crippen molar-refractivity contribution in [3.8, 4) is 0 Å². The standard InChI is InChI=1S/C48H81FN6O10/c1-10-41-47(6,59)45(57)34(5)52(7)20-11-12-40(56)43(31(2)26-32(3)46(58)64-41)65-42-28-38(27-33(4)63-42)53(8)21-17-36-30-55(51-50-36)39(29-49)44(60-9)35-13-15-37(16-14-35)54-22-18-48(19-23-54)61-24-25-62-48/h13-16,30-34,38-45,50-51,56-57,59H,10-12,17-29H2,1-9H3/t31-,32+,33+,34+,38-,39+,40+,41+,42-,43+,44+,45+,47+/m0/s1. The number of methoxy groups -OCH3 is 1. The van der Waals surface area contributed by atoms with Gasteiger partial charge in [0, 0.05) is 82.1 Å². The van der Waals surface area contributed by atoms with Crippen LogP contribution < -0.4 is 15.9 Å². The second-order valence-electron chi connectivity index (χ2n) is 19.7. The number of aliphatic hydroxyl groups is 3. The molecule has 5 N–H and O–H groups in total. The van der Waals surface area contributed by atoms with Crippen LogP contribution in [0.15, 0.2) is 36.2 Å². The first-order valence-electron chi connectivity index (χ1n) is 24.2. The summed E-state index contributed by atoms with van der Waals surface area (Å²) in [4.78, 5) is 20.1. The molecule has 370 valence electrons. The fourth-order valence-electron chi connectivity index (χ4n) is 10.5. The van der Waals surface area contributed by atoms with E-state index in [-0.39, 0.29) is 18.1 Å². The molecule has 4 saturated heterocycles. The zero-order chi connectivity index (χ0) is 47.1. The lowest BCUT2D eigenvalue weighted by Crippen LogP contribution is -2.58. The molecule has 0 aromatic heterocycles. The van der Waals surface area contributed by atoms with E-state index in [4.69, 9.17) is 28.4 Å². The van der Waals surface area contributed by atoms with Gasteiger partial charge in [-0.05, 0) is 97.1 Å². The lowest BCUT2D eigenvalue weighted by Gasteiger charge is -2.41. The van der Waals surface area contributed by atoms with Crippen molar-refractivity contribution < 1.29 is 52.9 Å². The van der Waals surface area contributed by atoms with Crippen LogP contribution in [0.3, 0.4) is 0 Å². The highest BCUT2D eigenvalue weighted by Crippen LogP contribution is 2.36. The van der Waals surface area contributed by atoms with E-state index in [0.29, 0.717) is 58.3 Å². The van der Waals surface area contributed by atoms with Gasteiger partial charge < -0.3 is 63.9 Å². The van der Waals surface area contributed by atoms with Gasteiger partial charge in [0.05, 0.1) is 37.4 Å². The molecule has 0 unspecified atom stereocenters. The van der Waals surface area contributed by atoms with Crippen LogP contribution in [0, 0.1) is 11.8 Å². The number of carbonyl (C=O) groups is 1. The number of nitrogens with zero attached hydrogens (tertiary/aromatic N) is 4. The fourth-order valence-corrected chi connectivity index (χ4v) is 10.5. The maximum Gasteiger partial charge on any atom is 0.309 e. The quantitative estimate of drug-likeness (QED) is 0.177. The first-order valence-corrected chi connectivity index (χ1v) is 24.2. The van der Waals surface area contributed by atoms with E-state index in [1.54, 1.807) is 19.0 Å². The van der Waals surface area contributed by atoms with Crippen LogP contribution in [0.2, 0.25) is 0 Å². The molecular weight excluding hydrogens is 840 g/mol. The number of hydrogen-bond acceptors (Lipinski definition) is 16. The van der Waals surface area contributed by atoms with Crippen LogP contribution in [-0.4, -0.2) is 170 Å². The van der Waals surface area contributed by atoms with Crippen LogP contribution >= 0.6 is 0 Å². The molecule has 0 bridgehead atoms. The van der Waals surface area contributed by atoms with Crippen LogP contribution in [-0.2, 0) is 33.2 Å². The largest absolute Gasteiger partial charge is 0.459 e. The summed E-state index contributed by atoms with van der Waals surface area (Å²) in [5, 5.41) is 36.2. The summed E-state index contributed by atoms with van der Waals surface area (Å²) in [6.45, 7) is 14.7. The number of anilines is 1. The van der Waals surface area contributed by atoms with E-state index in [9.17, 15) is 24.5 Å². The van der Waals surface area contributed by atoms with E-state index < -0.39 is 78.8 Å². The zero-order valence-corrected chi connectivity index (χ0v) is 40.5. The minimum Gasteiger partial charge on any atom is -0.459 e. The summed E-state index contributed by atoms with van der Waals surface area (Å²) in [6.07, 6.45) is 2.78. The third-order valence-electron chi connectivity index (χ3n) is 14.9. The average Bonchev–Trinajstić information content (AvgIpc) is 3.97. The second kappa shape index (κ2) is 23.1. The van der Waals surface area contributed by atoms with E-state index in [1.807, 2.05) is 58.0 Å². The summed E-state index contributed by atoms with van der Waals surface area (Å²) < 4.78 is 51.6. The molecule has 5 heterocycles. The zero-order valence-electron chi connectivity index (χ0n) is 40.5. The highest BCUT2D eigenvalue weighted by Gasteiger charge is 2.45. The number of alkyl halides is 1. The predicted octanol–water partition coefficient (Wildman–Crippen LogP) is 4.39. The van der Waals surface area contributed by atoms with Gasteiger partial charge in [-0.15, -0.1) is 5.53 Å². The maximum atomic E-state index is 14.9. The molecule has 4 fully saturated rings. The molecular formula is C48H81FN6O10. The Morgan fingerprint density at radius 3 is 2.37 bits per heavy atom. The van der Waals surface area contributed by atoms with Gasteiger partial charge in [0.15, 0.2) is 12.1 Å². The monoisotopic (exact) mass is 921 g/mol. The van der Waals surface area contributed by atoms with Crippen molar-refractivity contribution in [3.63, 3.8) is 0 Å². The Morgan fingerprint density at radius 2 is 1.72 bits per heavy atom. The first-order chi connectivity index (χ1) is 31.0. The fraction of sp³-hybridized carbons (Fsp3) is 0.812. The average molecular weight is 921 g/mol. The van der Waals surface area contributed by atoms with Crippen LogP contribution in [0.4, 0.5) is 10.1 Å². The highest BCUT2D eigenvalue weighted by molar-refractivity contribution is 5.72. The Bertz CT molecular complexity index is 1660. The SMILES string of the molecule is CC[C@H]1OC(=O)[C@H](C)C[C@H](C)[C@@H](O[C@H]2C[C@@H](N(C)CCC3=CN([C@H](CF)[C@H](OC)c4ccc(N5CCC6(CC5)OCCO6)cc4)NN3)C[C@@H](C)O2)[C@H](O)CCCN(C)[C@H](C)[C@@H](O)[C@]1(C)O. The number of hydrogen-bond donors (Lipinski definition) is 5. The van der Waals surface area contributed by atoms with E-state index in [2.05, 4.69) is 39.9 Å². The summed E-state index contributed by atoms with van der Waals surface area (Å²) in [5.41, 5.74) is 7.68. The molecule has 17 heteroatoms. The van der Waals surface area contributed by atoms with Gasteiger partial charge in [0.25, 0.3) is 0 Å². The van der Waals surface area contributed by atoms with Crippen molar-refractivity contribution in [1.29, 1.82) is 0 Å². The number of carbonyl (C=O) groups excluding carboxylic acids is 1. The molecule has 0 radical (unpaired) electrons. The second-order valence-corrected chi connectivity index (χ2v) is 19.7. The van der Waals surface area contributed by atoms with Gasteiger partial charge in [-0.3, -0.25) is 9.80 Å².